The zero-order chi connectivity index (χ0) is 36.0. The van der Waals surface area contributed by atoms with Crippen LogP contribution in [0.5, 0.6) is 0 Å². The molecule has 27 heteroatoms. The van der Waals surface area contributed by atoms with Crippen LogP contribution in [-0.2, 0) is 27.7 Å². The van der Waals surface area contributed by atoms with Crippen molar-refractivity contribution >= 4 is 49.5 Å². The number of rotatable bonds is 9. The van der Waals surface area contributed by atoms with Crippen LogP contribution in [0.2, 0.25) is 0 Å². The van der Waals surface area contributed by atoms with Gasteiger partial charge in [0.25, 0.3) is 0 Å². The zero-order valence-electron chi connectivity index (χ0n) is 25.2. The molecule has 50 heavy (non-hydrogen) atoms. The first-order valence-corrected chi connectivity index (χ1v) is 17.3. The summed E-state index contributed by atoms with van der Waals surface area (Å²) in [5.41, 5.74) is 12.6. The second kappa shape index (κ2) is 13.9. The second-order valence-electron chi connectivity index (χ2n) is 10.8. The number of ether oxygens (including phenoxy) is 2. The molecule has 9 atom stereocenters. The molecule has 11 N–H and O–H groups in total. The lowest BCUT2D eigenvalue weighted by Crippen LogP contribution is -2.33. The number of phosphoric ester groups is 1. The van der Waals surface area contributed by atoms with Crippen LogP contribution in [0.4, 0.5) is 11.6 Å². The van der Waals surface area contributed by atoms with Crippen molar-refractivity contribution in [2.24, 2.45) is 0 Å². The van der Waals surface area contributed by atoms with Crippen LogP contribution in [-0.4, -0.2) is 133 Å². The maximum Gasteiger partial charge on any atom is 0.469 e. The molecule has 7 heterocycles. The maximum atomic E-state index is 12.2. The van der Waals surface area contributed by atoms with Crippen molar-refractivity contribution in [3.8, 4) is 0 Å². The molecule has 0 amide bonds. The molecule has 5 aromatic heterocycles. The van der Waals surface area contributed by atoms with E-state index in [4.69, 9.17) is 35.3 Å². The fourth-order valence-corrected chi connectivity index (χ4v) is 6.35. The van der Waals surface area contributed by atoms with Gasteiger partial charge in [-0.2, -0.15) is 0 Å². The first-order valence-electron chi connectivity index (χ1n) is 14.2. The van der Waals surface area contributed by atoms with Gasteiger partial charge < -0.3 is 56.0 Å². The van der Waals surface area contributed by atoms with Gasteiger partial charge in [-0.3, -0.25) is 18.2 Å². The van der Waals surface area contributed by atoms with Crippen LogP contribution in [0.1, 0.15) is 12.5 Å². The Morgan fingerprint density at radius 1 is 0.700 bits per heavy atom. The van der Waals surface area contributed by atoms with Gasteiger partial charge in [-0.25, -0.2) is 48.4 Å². The Labute approximate surface area is 278 Å². The predicted molar refractivity (Wildman–Crippen MR) is 163 cm³/mol. The van der Waals surface area contributed by atoms with Crippen molar-refractivity contribution in [1.82, 2.24) is 48.4 Å². The number of nitrogens with two attached hydrogens (primary N) is 2. The van der Waals surface area contributed by atoms with E-state index in [1.165, 1.54) is 46.8 Å². The highest BCUT2D eigenvalue weighted by Crippen LogP contribution is 2.44. The number of phosphoric acid groups is 1. The first-order chi connectivity index (χ1) is 23.7. The molecular weight excluding hydrogens is 714 g/mol. The fourth-order valence-electron chi connectivity index (χ4n) is 5.12. The highest BCUT2D eigenvalue weighted by atomic mass is 31.2. The molecule has 5 aromatic rings. The number of aliphatic hydroxyl groups is 4. The molecule has 2 fully saturated rings. The molecule has 0 aliphatic carbocycles. The Morgan fingerprint density at radius 2 is 1.18 bits per heavy atom. The van der Waals surface area contributed by atoms with Gasteiger partial charge >= 0.3 is 15.6 Å². The predicted octanol–water partition coefficient (Wildman–Crippen LogP) is -2.97. The quantitative estimate of drug-likeness (QED) is 0.0680. The largest absolute Gasteiger partial charge is 0.469 e. The Kier molecular flexibility index (Phi) is 9.95. The highest BCUT2D eigenvalue weighted by molar-refractivity contribution is 7.51. The monoisotopic (exact) mass is 744 g/mol. The van der Waals surface area contributed by atoms with Gasteiger partial charge in [0, 0.05) is 12.4 Å². The summed E-state index contributed by atoms with van der Waals surface area (Å²) in [4.78, 5) is 54.8. The summed E-state index contributed by atoms with van der Waals surface area (Å²) < 4.78 is 46.9. The van der Waals surface area contributed by atoms with E-state index in [9.17, 15) is 34.4 Å². The number of anilines is 2. The highest BCUT2D eigenvalue weighted by Gasteiger charge is 2.46. The minimum atomic E-state index is -4.72. The number of aromatic nitrogens is 10. The summed E-state index contributed by atoms with van der Waals surface area (Å²) >= 11 is 0. The third-order valence-electron chi connectivity index (χ3n) is 7.59. The smallest absolute Gasteiger partial charge is 0.387 e. The van der Waals surface area contributed by atoms with Crippen LogP contribution in [0.25, 0.3) is 22.3 Å². The van der Waals surface area contributed by atoms with Gasteiger partial charge in [-0.15, -0.1) is 0 Å². The lowest BCUT2D eigenvalue weighted by Gasteiger charge is -2.18. The molecule has 270 valence electrons. The molecular formula is C23H30N12O13P2. The van der Waals surface area contributed by atoms with Gasteiger partial charge in [0.2, 0.25) is 0 Å². The molecule has 0 spiro atoms. The van der Waals surface area contributed by atoms with Gasteiger partial charge in [-0.05, 0) is 0 Å². The normalized spacial score (nSPS) is 28.1. The summed E-state index contributed by atoms with van der Waals surface area (Å²) in [5, 5.41) is 40.6. The van der Waals surface area contributed by atoms with Crippen LogP contribution in [0.15, 0.2) is 44.0 Å². The van der Waals surface area contributed by atoms with Crippen molar-refractivity contribution in [3.05, 3.63) is 44.0 Å². The van der Waals surface area contributed by atoms with Gasteiger partial charge in [0.05, 0.1) is 25.9 Å². The van der Waals surface area contributed by atoms with Crippen molar-refractivity contribution in [2.75, 3.05) is 24.7 Å². The lowest BCUT2D eigenvalue weighted by atomic mass is 10.1. The molecule has 0 saturated carbocycles. The van der Waals surface area contributed by atoms with E-state index in [2.05, 4.69) is 39.4 Å². The average molecular weight is 745 g/mol. The summed E-state index contributed by atoms with van der Waals surface area (Å²) in [5.74, 6) is 0.302. The number of nitrogen functional groups attached to an aromatic ring is 2. The van der Waals surface area contributed by atoms with Crippen molar-refractivity contribution in [1.29, 1.82) is 0 Å². The summed E-state index contributed by atoms with van der Waals surface area (Å²) in [7, 11) is -8.92. The average Bonchev–Trinajstić information content (AvgIpc) is 3.90. The van der Waals surface area contributed by atoms with Gasteiger partial charge in [-0.1, -0.05) is 0 Å². The second-order valence-corrected chi connectivity index (χ2v) is 13.7. The van der Waals surface area contributed by atoms with Crippen molar-refractivity contribution < 1.29 is 62.8 Å². The topological polar surface area (TPSA) is 370 Å². The molecule has 0 aromatic carbocycles. The Hall–Kier alpha value is -4.07. The molecule has 0 bridgehead atoms. The first kappa shape index (κ1) is 35.7. The molecule has 0 radical (unpaired) electrons. The Morgan fingerprint density at radius 3 is 1.62 bits per heavy atom. The van der Waals surface area contributed by atoms with E-state index in [-0.39, 0.29) is 17.3 Å². The zero-order valence-corrected chi connectivity index (χ0v) is 27.0. The number of hydrogen-bond acceptors (Lipinski definition) is 19. The Balaban J connectivity index is 0.000000175. The van der Waals surface area contributed by atoms with Crippen molar-refractivity contribution in [2.45, 2.75) is 49.1 Å². The molecule has 2 aliphatic rings. The molecule has 2 saturated heterocycles. The van der Waals surface area contributed by atoms with E-state index in [0.717, 1.165) is 10.7 Å². The molecule has 7 rings (SSSR count). The summed E-state index contributed by atoms with van der Waals surface area (Å²) in [6, 6.07) is 0. The third kappa shape index (κ3) is 7.08. The number of fused-ring (bicyclic) bond motifs is 2. The minimum absolute atomic E-state index is 0.142. The molecule has 2 aliphatic heterocycles. The lowest BCUT2D eigenvalue weighted by molar-refractivity contribution is -0.0504. The van der Waals surface area contributed by atoms with Crippen LogP contribution in [0.3, 0.4) is 0 Å². The van der Waals surface area contributed by atoms with Gasteiger partial charge in [0.1, 0.15) is 66.6 Å². The van der Waals surface area contributed by atoms with Crippen LogP contribution >= 0.6 is 15.6 Å². The summed E-state index contributed by atoms with van der Waals surface area (Å²) in [6.45, 7) is -1.03. The van der Waals surface area contributed by atoms with Gasteiger partial charge in [0.15, 0.2) is 35.4 Å². The number of hydrogen-bond donors (Lipinski definition) is 9. The van der Waals surface area contributed by atoms with E-state index in [1.807, 2.05) is 0 Å². The number of aliphatic hydroxyl groups excluding tert-OH is 4. The van der Waals surface area contributed by atoms with Crippen LogP contribution < -0.4 is 11.5 Å². The number of nitrogens with zero attached hydrogens (tertiary/aromatic N) is 10. The van der Waals surface area contributed by atoms with E-state index in [0.29, 0.717) is 16.7 Å². The molecule has 1 unspecified atom stereocenters. The minimum Gasteiger partial charge on any atom is -0.387 e. The SMILES string of the molecule is Nc1ncnc2c1ncn2[C@@H]1O[C@H](COP(=O)(O)O)[C@@H](O)[C@H]1O.Nc1ncnc2c1ncn2[C@@H]1O[C@H](COP(=O)(O)n2ccnc2)[C@@H](O)[C@H]1O. The Bertz CT molecular complexity index is 2040. The molecule has 25 nitrogen and oxygen atoms in total. The van der Waals surface area contributed by atoms with E-state index >= 15 is 0 Å². The third-order valence-corrected chi connectivity index (χ3v) is 9.38. The fraction of sp³-hybridized carbons (Fsp3) is 0.435. The van der Waals surface area contributed by atoms with Crippen LogP contribution in [0, 0.1) is 0 Å². The van der Waals surface area contributed by atoms with E-state index in [1.54, 1.807) is 0 Å². The number of imidazole rings is 3. The van der Waals surface area contributed by atoms with Crippen molar-refractivity contribution in [3.63, 3.8) is 0 Å². The maximum absolute atomic E-state index is 12.2. The summed E-state index contributed by atoms with van der Waals surface area (Å²) in [6.07, 6.45) is -1.000. The standard InChI is InChI=1S/C13H16N7O6P.C10H14N5O7P/c14-11-8-12(17-4-16-11)20(6-18-8)13-10(22)9(21)7(26-13)3-25-27(23,24)19-2-1-15-5-19;11-8-5-9(13-2-12-8)15(3-14-5)10-7(17)6(16)4(22-10)1-21-23(18,19)20/h1-2,4-7,9-10,13,21-22H,3H2,(H,23,24)(H2,14,16,17);2-4,6-7,10,16-17H,1H2,(H2,11,12,13)(H2,18,19,20)/t7-,9-,10-,13-;4-,6-,7-,10-/m11/s1. The van der Waals surface area contributed by atoms with E-state index < -0.39 is 77.9 Å².